The second kappa shape index (κ2) is 16.9. The zero-order valence-electron chi connectivity index (χ0n) is 24.8. The molecule has 0 fully saturated rings. The number of unbranched alkanes of at least 4 members (excludes halogenated alkanes) is 13. The minimum atomic E-state index is -3.63. The fourth-order valence-electron chi connectivity index (χ4n) is 5.43. The van der Waals surface area contributed by atoms with Gasteiger partial charge in [-0.3, -0.25) is 4.79 Å². The van der Waals surface area contributed by atoms with Crippen LogP contribution in [0.15, 0.2) is 58.6 Å². The summed E-state index contributed by atoms with van der Waals surface area (Å²) in [7, 11) is -3.63. The van der Waals surface area contributed by atoms with Gasteiger partial charge in [-0.2, -0.15) is 4.68 Å². The number of tetrazole rings is 1. The molecule has 1 N–H and O–H groups in total. The summed E-state index contributed by atoms with van der Waals surface area (Å²) >= 11 is 1.30. The van der Waals surface area contributed by atoms with E-state index in [-0.39, 0.29) is 10.7 Å². The number of rotatable bonds is 20. The highest BCUT2D eigenvalue weighted by Gasteiger charge is 2.34. The zero-order valence-corrected chi connectivity index (χ0v) is 26.5. The van der Waals surface area contributed by atoms with Gasteiger partial charge in [0.05, 0.1) is 15.8 Å². The van der Waals surface area contributed by atoms with Crippen LogP contribution in [0.4, 0.5) is 0 Å². The van der Waals surface area contributed by atoms with Crippen molar-refractivity contribution in [3.8, 4) is 5.69 Å². The van der Waals surface area contributed by atoms with Gasteiger partial charge < -0.3 is 0 Å². The number of hydrogen-bond acceptors (Lipinski definition) is 7. The van der Waals surface area contributed by atoms with Crippen molar-refractivity contribution >= 4 is 27.6 Å². The molecule has 42 heavy (non-hydrogen) atoms. The van der Waals surface area contributed by atoms with Crippen molar-refractivity contribution in [3.63, 3.8) is 0 Å². The summed E-state index contributed by atoms with van der Waals surface area (Å²) in [5.41, 5.74) is 2.12. The van der Waals surface area contributed by atoms with Gasteiger partial charge in [-0.25, -0.2) is 13.1 Å². The molecular weight excluding hydrogens is 567 g/mol. The average Bonchev–Trinajstić information content (AvgIpc) is 3.59. The van der Waals surface area contributed by atoms with Crippen LogP contribution in [-0.2, 0) is 16.4 Å². The van der Waals surface area contributed by atoms with Crippen molar-refractivity contribution in [2.24, 2.45) is 0 Å². The van der Waals surface area contributed by atoms with Crippen molar-refractivity contribution in [3.05, 3.63) is 59.7 Å². The van der Waals surface area contributed by atoms with Crippen LogP contribution in [0, 0.1) is 0 Å². The Balaban J connectivity index is 1.15. The first-order chi connectivity index (χ1) is 20.5. The van der Waals surface area contributed by atoms with E-state index in [4.69, 9.17) is 0 Å². The summed E-state index contributed by atoms with van der Waals surface area (Å²) in [6.07, 6.45) is 18.2. The van der Waals surface area contributed by atoms with E-state index in [0.29, 0.717) is 23.7 Å². The number of hydrogen-bond donors (Lipinski definition) is 1. The molecule has 228 valence electrons. The number of fused-ring (bicyclic) bond motifs is 1. The summed E-state index contributed by atoms with van der Waals surface area (Å²) in [5, 5.41) is 12.1. The Morgan fingerprint density at radius 1 is 0.857 bits per heavy atom. The number of ketones is 1. The number of thioether (sulfide) groups is 1. The molecule has 2 aromatic carbocycles. The molecule has 3 aromatic rings. The molecule has 0 amide bonds. The lowest BCUT2D eigenvalue weighted by atomic mass is 10.0. The highest BCUT2D eigenvalue weighted by Crippen LogP contribution is 2.35. The van der Waals surface area contributed by atoms with Crippen molar-refractivity contribution in [1.29, 1.82) is 0 Å². The number of aromatic nitrogens is 4. The third-order valence-corrected chi connectivity index (χ3v) is 10.5. The Kier molecular flexibility index (Phi) is 13.0. The van der Waals surface area contributed by atoms with Gasteiger partial charge in [0.15, 0.2) is 5.78 Å². The Morgan fingerprint density at radius 3 is 2.12 bits per heavy atom. The van der Waals surface area contributed by atoms with Crippen LogP contribution >= 0.6 is 11.8 Å². The van der Waals surface area contributed by atoms with Crippen LogP contribution < -0.4 is 4.72 Å². The van der Waals surface area contributed by atoms with Crippen molar-refractivity contribution in [1.82, 2.24) is 24.9 Å². The third kappa shape index (κ3) is 9.47. The van der Waals surface area contributed by atoms with Crippen molar-refractivity contribution in [2.75, 3.05) is 6.54 Å². The van der Waals surface area contributed by atoms with Gasteiger partial charge in [0.25, 0.3) is 0 Å². The molecule has 0 bridgehead atoms. The Morgan fingerprint density at radius 2 is 1.48 bits per heavy atom. The Bertz CT molecular complexity index is 1360. The normalized spacial score (nSPS) is 14.9. The number of nitrogens with one attached hydrogen (secondary N) is 1. The van der Waals surface area contributed by atoms with Gasteiger partial charge in [0, 0.05) is 12.1 Å². The van der Waals surface area contributed by atoms with Gasteiger partial charge in [-0.05, 0) is 59.2 Å². The van der Waals surface area contributed by atoms with E-state index in [0.717, 1.165) is 30.5 Å². The largest absolute Gasteiger partial charge is 0.293 e. The molecule has 8 nitrogen and oxygen atoms in total. The number of benzene rings is 2. The molecule has 0 radical (unpaired) electrons. The SMILES string of the molecule is CCCCCCCCCCCCCCCCNS(=O)(=O)c1ccc2c(c1)CC(Sc1nnnn1-c1ccccc1)C2=O. The maximum absolute atomic E-state index is 13.1. The maximum atomic E-state index is 13.1. The highest BCUT2D eigenvalue weighted by atomic mass is 32.2. The van der Waals surface area contributed by atoms with E-state index in [1.54, 1.807) is 16.8 Å². The van der Waals surface area contributed by atoms with E-state index in [9.17, 15) is 13.2 Å². The fraction of sp³-hybridized carbons (Fsp3) is 0.562. The molecule has 1 atom stereocenters. The average molecular weight is 612 g/mol. The summed E-state index contributed by atoms with van der Waals surface area (Å²) < 4.78 is 30.3. The van der Waals surface area contributed by atoms with E-state index in [1.807, 2.05) is 30.3 Å². The number of para-hydroxylation sites is 1. The first kappa shape index (κ1) is 32.4. The molecule has 0 spiro atoms. The molecule has 1 aliphatic rings. The summed E-state index contributed by atoms with van der Waals surface area (Å²) in [5.74, 6) is -0.0306. The second-order valence-corrected chi connectivity index (χ2v) is 14.1. The fourth-order valence-corrected chi connectivity index (χ4v) is 7.63. The minimum Gasteiger partial charge on any atom is -0.293 e. The molecular formula is C32H45N5O3S2. The Hall–Kier alpha value is -2.56. The monoisotopic (exact) mass is 611 g/mol. The molecule has 1 unspecified atom stereocenters. The number of sulfonamides is 1. The predicted octanol–water partition coefficient (Wildman–Crippen LogP) is 7.32. The maximum Gasteiger partial charge on any atom is 0.240 e. The van der Waals surface area contributed by atoms with Crippen LogP contribution in [0.2, 0.25) is 0 Å². The van der Waals surface area contributed by atoms with Gasteiger partial charge in [0.2, 0.25) is 15.2 Å². The molecule has 10 heteroatoms. The first-order valence-electron chi connectivity index (χ1n) is 15.7. The quantitative estimate of drug-likeness (QED) is 0.133. The molecule has 0 aliphatic heterocycles. The van der Waals surface area contributed by atoms with Gasteiger partial charge in [0.1, 0.15) is 0 Å². The third-order valence-electron chi connectivity index (χ3n) is 7.86. The van der Waals surface area contributed by atoms with E-state index >= 15 is 0 Å². The van der Waals surface area contributed by atoms with E-state index < -0.39 is 15.3 Å². The number of carbonyl (C=O) groups excluding carboxylic acids is 1. The number of nitrogens with zero attached hydrogens (tertiary/aromatic N) is 4. The molecule has 1 aromatic heterocycles. The van der Waals surface area contributed by atoms with Crippen molar-refractivity contribution in [2.45, 2.75) is 119 Å². The van der Waals surface area contributed by atoms with E-state index in [2.05, 4.69) is 27.2 Å². The number of carbonyl (C=O) groups is 1. The second-order valence-electron chi connectivity index (χ2n) is 11.2. The molecule has 1 heterocycles. The lowest BCUT2D eigenvalue weighted by Crippen LogP contribution is -2.25. The van der Waals surface area contributed by atoms with Crippen LogP contribution in [0.3, 0.4) is 0 Å². The number of Topliss-reactive ketones (excluding diaryl/α,β-unsaturated/α-hetero) is 1. The highest BCUT2D eigenvalue weighted by molar-refractivity contribution is 8.00. The molecule has 0 saturated heterocycles. The van der Waals surface area contributed by atoms with Gasteiger partial charge in [-0.1, -0.05) is 120 Å². The van der Waals surface area contributed by atoms with Gasteiger partial charge >= 0.3 is 0 Å². The summed E-state index contributed by atoms with van der Waals surface area (Å²) in [6, 6.07) is 14.3. The predicted molar refractivity (Wildman–Crippen MR) is 169 cm³/mol. The van der Waals surface area contributed by atoms with E-state index in [1.165, 1.54) is 88.5 Å². The first-order valence-corrected chi connectivity index (χ1v) is 18.0. The summed E-state index contributed by atoms with van der Waals surface area (Å²) in [6.45, 7) is 2.69. The lowest BCUT2D eigenvalue weighted by molar-refractivity contribution is 0.1000. The standard InChI is InChI=1S/C32H45N5O3S2/c1-2-3-4-5-6-7-8-9-10-11-12-13-14-18-23-33-42(39,40)28-21-22-29-26(24-28)25-30(31(29)38)41-32-34-35-36-37(32)27-19-16-15-17-20-27/h15-17,19-22,24,30,33H,2-14,18,23,25H2,1H3. The Labute approximate surface area is 255 Å². The molecule has 1 aliphatic carbocycles. The molecule has 0 saturated carbocycles. The van der Waals surface area contributed by atoms with Crippen LogP contribution in [0.5, 0.6) is 0 Å². The van der Waals surface area contributed by atoms with Crippen LogP contribution in [0.25, 0.3) is 5.69 Å². The zero-order chi connectivity index (χ0) is 29.6. The van der Waals surface area contributed by atoms with Gasteiger partial charge in [-0.15, -0.1) is 5.10 Å². The smallest absolute Gasteiger partial charge is 0.240 e. The molecule has 4 rings (SSSR count). The summed E-state index contributed by atoms with van der Waals surface area (Å²) in [4.78, 5) is 13.3. The van der Waals surface area contributed by atoms with Crippen LogP contribution in [0.1, 0.15) is 113 Å². The van der Waals surface area contributed by atoms with Crippen LogP contribution in [-0.4, -0.2) is 46.2 Å². The van der Waals surface area contributed by atoms with Crippen molar-refractivity contribution < 1.29 is 13.2 Å². The topological polar surface area (TPSA) is 107 Å². The lowest BCUT2D eigenvalue weighted by Gasteiger charge is -2.08. The minimum absolute atomic E-state index is 0.0306.